The molecule has 2 amide bonds. The molecule has 0 unspecified atom stereocenters. The Labute approximate surface area is 146 Å². The number of hydrogen-bond donors (Lipinski definition) is 3. The third-order valence-electron chi connectivity index (χ3n) is 3.25. The van der Waals surface area contributed by atoms with Gasteiger partial charge in [0.15, 0.2) is 0 Å². The van der Waals surface area contributed by atoms with Gasteiger partial charge in [-0.25, -0.2) is 8.42 Å². The van der Waals surface area contributed by atoms with E-state index in [9.17, 15) is 18.0 Å². The van der Waals surface area contributed by atoms with Gasteiger partial charge in [-0.3, -0.25) is 14.3 Å². The second-order valence-corrected chi connectivity index (χ2v) is 7.37. The summed E-state index contributed by atoms with van der Waals surface area (Å²) in [5.41, 5.74) is 2.69. The molecule has 0 aliphatic carbocycles. The predicted molar refractivity (Wildman–Crippen MR) is 98.3 cm³/mol. The second kappa shape index (κ2) is 7.35. The molecule has 2 rings (SSSR count). The number of aryl methyl sites for hydroxylation is 1. The van der Waals surface area contributed by atoms with Gasteiger partial charge < -0.3 is 10.6 Å². The van der Waals surface area contributed by atoms with Crippen molar-refractivity contribution in [1.82, 2.24) is 0 Å². The van der Waals surface area contributed by atoms with Crippen LogP contribution in [0.2, 0.25) is 0 Å². The molecule has 0 radical (unpaired) electrons. The Bertz CT molecular complexity index is 906. The highest BCUT2D eigenvalue weighted by atomic mass is 32.2. The molecule has 0 fully saturated rings. The van der Waals surface area contributed by atoms with Crippen LogP contribution < -0.4 is 15.4 Å². The molecule has 0 aliphatic rings. The molecule has 0 saturated carbocycles. The molecule has 0 aliphatic heterocycles. The number of carbonyl (C=O) groups excluding carboxylic acids is 2. The van der Waals surface area contributed by atoms with Crippen molar-refractivity contribution in [2.75, 3.05) is 21.6 Å². The largest absolute Gasteiger partial charge is 0.326 e. The zero-order chi connectivity index (χ0) is 18.6. The summed E-state index contributed by atoms with van der Waals surface area (Å²) in [7, 11) is -3.37. The van der Waals surface area contributed by atoms with Crippen LogP contribution in [0.25, 0.3) is 0 Å². The van der Waals surface area contributed by atoms with E-state index >= 15 is 0 Å². The Hall–Kier alpha value is -2.87. The number of anilines is 3. The van der Waals surface area contributed by atoms with Gasteiger partial charge in [0.25, 0.3) is 5.91 Å². The van der Waals surface area contributed by atoms with Gasteiger partial charge in [0.05, 0.1) is 11.9 Å². The van der Waals surface area contributed by atoms with E-state index in [1.165, 1.54) is 6.92 Å². The monoisotopic (exact) mass is 361 g/mol. The standard InChI is InChI=1S/C17H19N3O4S/c1-11-10-13(4-9-16(11)20-25(3,23)24)17(22)19-15-7-5-14(6-8-15)18-12(2)21/h4-10,20H,1-3H3,(H,18,21)(H,19,22). The van der Waals surface area contributed by atoms with Gasteiger partial charge in [-0.05, 0) is 55.0 Å². The minimum Gasteiger partial charge on any atom is -0.326 e. The first-order chi connectivity index (χ1) is 11.6. The van der Waals surface area contributed by atoms with Gasteiger partial charge in [0.2, 0.25) is 15.9 Å². The zero-order valence-electron chi connectivity index (χ0n) is 14.1. The average molecular weight is 361 g/mol. The summed E-state index contributed by atoms with van der Waals surface area (Å²) in [4.78, 5) is 23.3. The van der Waals surface area contributed by atoms with Crippen molar-refractivity contribution < 1.29 is 18.0 Å². The second-order valence-electron chi connectivity index (χ2n) is 5.62. The van der Waals surface area contributed by atoms with Gasteiger partial charge in [0.1, 0.15) is 0 Å². The van der Waals surface area contributed by atoms with Crippen molar-refractivity contribution in [3.05, 3.63) is 53.6 Å². The van der Waals surface area contributed by atoms with Crippen molar-refractivity contribution >= 4 is 38.9 Å². The van der Waals surface area contributed by atoms with E-state index in [1.807, 2.05) is 0 Å². The number of hydrogen-bond acceptors (Lipinski definition) is 4. The van der Waals surface area contributed by atoms with Crippen LogP contribution in [0.15, 0.2) is 42.5 Å². The van der Waals surface area contributed by atoms with Crippen LogP contribution in [0, 0.1) is 6.92 Å². The maximum absolute atomic E-state index is 12.3. The molecule has 0 saturated heterocycles. The number of benzene rings is 2. The summed E-state index contributed by atoms with van der Waals surface area (Å²) in [6, 6.07) is 11.4. The number of rotatable bonds is 5. The molecular formula is C17H19N3O4S. The van der Waals surface area contributed by atoms with Crippen molar-refractivity contribution in [2.45, 2.75) is 13.8 Å². The van der Waals surface area contributed by atoms with Crippen molar-refractivity contribution in [3.8, 4) is 0 Å². The summed E-state index contributed by atoms with van der Waals surface area (Å²) in [6.07, 6.45) is 1.07. The Kier molecular flexibility index (Phi) is 5.43. The van der Waals surface area contributed by atoms with E-state index in [-0.39, 0.29) is 11.8 Å². The Morgan fingerprint density at radius 1 is 0.920 bits per heavy atom. The van der Waals surface area contributed by atoms with Crippen LogP contribution >= 0.6 is 0 Å². The molecule has 0 heterocycles. The lowest BCUT2D eigenvalue weighted by atomic mass is 10.1. The van der Waals surface area contributed by atoms with Gasteiger partial charge in [-0.2, -0.15) is 0 Å². The summed E-state index contributed by atoms with van der Waals surface area (Å²) in [6.45, 7) is 3.13. The summed E-state index contributed by atoms with van der Waals surface area (Å²) < 4.78 is 25.0. The van der Waals surface area contributed by atoms with Crippen LogP contribution in [0.3, 0.4) is 0 Å². The van der Waals surface area contributed by atoms with Crippen molar-refractivity contribution in [1.29, 1.82) is 0 Å². The lowest BCUT2D eigenvalue weighted by Crippen LogP contribution is -2.14. The van der Waals surface area contributed by atoms with Crippen molar-refractivity contribution in [3.63, 3.8) is 0 Å². The minimum absolute atomic E-state index is 0.171. The lowest BCUT2D eigenvalue weighted by molar-refractivity contribution is -0.114. The molecule has 2 aromatic rings. The van der Waals surface area contributed by atoms with Crippen molar-refractivity contribution in [2.24, 2.45) is 0 Å². The first kappa shape index (κ1) is 18.5. The van der Waals surface area contributed by atoms with Gasteiger partial charge in [0, 0.05) is 23.9 Å². The van der Waals surface area contributed by atoms with E-state index in [0.29, 0.717) is 28.2 Å². The highest BCUT2D eigenvalue weighted by Crippen LogP contribution is 2.19. The first-order valence-corrected chi connectivity index (χ1v) is 9.30. The zero-order valence-corrected chi connectivity index (χ0v) is 14.9. The van der Waals surface area contributed by atoms with Gasteiger partial charge >= 0.3 is 0 Å². The molecule has 0 spiro atoms. The number of nitrogens with one attached hydrogen (secondary N) is 3. The van der Waals surface area contributed by atoms with Crippen LogP contribution in [-0.2, 0) is 14.8 Å². The minimum atomic E-state index is -3.37. The average Bonchev–Trinajstić information content (AvgIpc) is 2.49. The molecule has 25 heavy (non-hydrogen) atoms. The van der Waals surface area contributed by atoms with E-state index < -0.39 is 10.0 Å². The van der Waals surface area contributed by atoms with Gasteiger partial charge in [-0.1, -0.05) is 0 Å². The smallest absolute Gasteiger partial charge is 0.255 e. The SMILES string of the molecule is CC(=O)Nc1ccc(NC(=O)c2ccc(NS(C)(=O)=O)c(C)c2)cc1. The fourth-order valence-electron chi connectivity index (χ4n) is 2.16. The number of carbonyl (C=O) groups is 2. The van der Waals surface area contributed by atoms with Crippen LogP contribution in [-0.4, -0.2) is 26.5 Å². The quantitative estimate of drug-likeness (QED) is 0.761. The van der Waals surface area contributed by atoms with Gasteiger partial charge in [-0.15, -0.1) is 0 Å². The summed E-state index contributed by atoms with van der Waals surface area (Å²) >= 11 is 0. The molecule has 0 atom stereocenters. The molecular weight excluding hydrogens is 342 g/mol. The highest BCUT2D eigenvalue weighted by Gasteiger charge is 2.10. The van der Waals surface area contributed by atoms with Crippen LogP contribution in [0.4, 0.5) is 17.1 Å². The normalized spacial score (nSPS) is 10.8. The molecule has 0 aromatic heterocycles. The molecule has 132 valence electrons. The lowest BCUT2D eigenvalue weighted by Gasteiger charge is -2.10. The van der Waals surface area contributed by atoms with Crippen LogP contribution in [0.1, 0.15) is 22.8 Å². The van der Waals surface area contributed by atoms with E-state index in [4.69, 9.17) is 0 Å². The molecule has 8 heteroatoms. The number of amides is 2. The Morgan fingerprint density at radius 3 is 1.96 bits per heavy atom. The molecule has 3 N–H and O–H groups in total. The first-order valence-electron chi connectivity index (χ1n) is 7.41. The van der Waals surface area contributed by atoms with Crippen LogP contribution in [0.5, 0.6) is 0 Å². The van der Waals surface area contributed by atoms with E-state index in [2.05, 4.69) is 15.4 Å². The van der Waals surface area contributed by atoms with E-state index in [0.717, 1.165) is 6.26 Å². The molecule has 0 bridgehead atoms. The highest BCUT2D eigenvalue weighted by molar-refractivity contribution is 7.92. The fourth-order valence-corrected chi connectivity index (χ4v) is 2.79. The summed E-state index contributed by atoms with van der Waals surface area (Å²) in [5, 5.41) is 5.38. The van der Waals surface area contributed by atoms with E-state index in [1.54, 1.807) is 49.4 Å². The Balaban J connectivity index is 2.10. The molecule has 2 aromatic carbocycles. The maximum Gasteiger partial charge on any atom is 0.255 e. The third-order valence-corrected chi connectivity index (χ3v) is 3.84. The Morgan fingerprint density at radius 2 is 1.48 bits per heavy atom. The molecule has 7 nitrogen and oxygen atoms in total. The number of sulfonamides is 1. The fraction of sp³-hybridized carbons (Fsp3) is 0.176. The third kappa shape index (κ3) is 5.61. The summed E-state index contributed by atoms with van der Waals surface area (Å²) in [5.74, 6) is -0.490. The topological polar surface area (TPSA) is 104 Å². The maximum atomic E-state index is 12.3. The predicted octanol–water partition coefficient (Wildman–Crippen LogP) is 2.58.